The van der Waals surface area contributed by atoms with Gasteiger partial charge in [-0.15, -0.1) is 6.58 Å². The number of rotatable bonds is 16. The number of ether oxygens (including phenoxy) is 1. The van der Waals surface area contributed by atoms with Crippen molar-refractivity contribution < 1.29 is 13.5 Å². The lowest BCUT2D eigenvalue weighted by Crippen LogP contribution is -2.23. The Hall–Kier alpha value is -2.00. The molecule has 2 saturated carbocycles. The Bertz CT molecular complexity index is 996. The Morgan fingerprint density at radius 3 is 1.76 bits per heavy atom. The molecule has 4 rings (SSSR count). The van der Waals surface area contributed by atoms with E-state index in [4.69, 9.17) is 4.74 Å². The van der Waals surface area contributed by atoms with Crippen LogP contribution in [0.2, 0.25) is 0 Å². The molecule has 0 atom stereocenters. The highest BCUT2D eigenvalue weighted by Gasteiger charge is 2.31. The maximum Gasteiger partial charge on any atom is 0.360 e. The standard InChI is InChI=1S/C38H54F2O/c1-3-5-7-8-9-11-31-14-22-34(23-15-31)36-24-16-32(17-25-36)28-38(39,40)41-29-33-18-26-37(27-19-33)35-20-12-30(13-21-35)10-6-4-2/h4,16-19,24-27,30-31,34-35H,2-3,5-15,20-23,28-29H2,1H3. The smallest absolute Gasteiger partial charge is 0.315 e. The molecule has 2 fully saturated rings. The summed E-state index contributed by atoms with van der Waals surface area (Å²) in [6.45, 7) is 6.04. The molecule has 0 bridgehead atoms. The number of halogens is 2. The summed E-state index contributed by atoms with van der Waals surface area (Å²) >= 11 is 0. The Labute approximate surface area is 249 Å². The van der Waals surface area contributed by atoms with E-state index < -0.39 is 6.11 Å². The highest BCUT2D eigenvalue weighted by molar-refractivity contribution is 5.27. The minimum absolute atomic E-state index is 0.0680. The van der Waals surface area contributed by atoms with Crippen molar-refractivity contribution in [2.24, 2.45) is 11.8 Å². The molecule has 41 heavy (non-hydrogen) atoms. The maximum absolute atomic E-state index is 14.7. The molecule has 3 heteroatoms. The predicted molar refractivity (Wildman–Crippen MR) is 169 cm³/mol. The maximum atomic E-state index is 14.7. The van der Waals surface area contributed by atoms with Crippen molar-refractivity contribution >= 4 is 0 Å². The Kier molecular flexibility index (Phi) is 12.9. The van der Waals surface area contributed by atoms with E-state index in [2.05, 4.69) is 37.8 Å². The largest absolute Gasteiger partial charge is 0.360 e. The minimum atomic E-state index is -3.18. The van der Waals surface area contributed by atoms with E-state index in [0.717, 1.165) is 23.8 Å². The number of allylic oxidation sites excluding steroid dienone is 1. The van der Waals surface area contributed by atoms with Crippen LogP contribution in [0.25, 0.3) is 0 Å². The van der Waals surface area contributed by atoms with E-state index in [0.29, 0.717) is 17.4 Å². The van der Waals surface area contributed by atoms with Crippen molar-refractivity contribution in [3.8, 4) is 0 Å². The fraction of sp³-hybridized carbons (Fsp3) is 0.632. The van der Waals surface area contributed by atoms with Gasteiger partial charge in [-0.2, -0.15) is 8.78 Å². The summed E-state index contributed by atoms with van der Waals surface area (Å²) < 4.78 is 34.6. The van der Waals surface area contributed by atoms with Crippen molar-refractivity contribution in [3.63, 3.8) is 0 Å². The molecular formula is C38H54F2O. The van der Waals surface area contributed by atoms with E-state index in [-0.39, 0.29) is 13.0 Å². The van der Waals surface area contributed by atoms with Crippen LogP contribution in [0.3, 0.4) is 0 Å². The van der Waals surface area contributed by atoms with Crippen LogP contribution in [0.1, 0.15) is 144 Å². The summed E-state index contributed by atoms with van der Waals surface area (Å²) in [5, 5.41) is 0. The molecule has 2 aliphatic rings. The highest BCUT2D eigenvalue weighted by Crippen LogP contribution is 2.39. The summed E-state index contributed by atoms with van der Waals surface area (Å²) in [7, 11) is 0. The van der Waals surface area contributed by atoms with Gasteiger partial charge in [0, 0.05) is 0 Å². The van der Waals surface area contributed by atoms with Gasteiger partial charge in [-0.3, -0.25) is 0 Å². The summed E-state index contributed by atoms with van der Waals surface area (Å²) in [6, 6.07) is 16.1. The van der Waals surface area contributed by atoms with Gasteiger partial charge < -0.3 is 4.74 Å². The Balaban J connectivity index is 1.16. The summed E-state index contributed by atoms with van der Waals surface area (Å²) in [5.74, 6) is 2.87. The van der Waals surface area contributed by atoms with Crippen molar-refractivity contribution in [2.75, 3.05) is 0 Å². The minimum Gasteiger partial charge on any atom is -0.315 e. The number of hydrogen-bond acceptors (Lipinski definition) is 1. The Morgan fingerprint density at radius 1 is 0.707 bits per heavy atom. The lowest BCUT2D eigenvalue weighted by Gasteiger charge is -2.29. The zero-order valence-electron chi connectivity index (χ0n) is 25.6. The normalized spacial score (nSPS) is 23.4. The van der Waals surface area contributed by atoms with Crippen LogP contribution in [0.15, 0.2) is 61.2 Å². The zero-order valence-corrected chi connectivity index (χ0v) is 25.6. The third-order valence-electron chi connectivity index (χ3n) is 9.95. The highest BCUT2D eigenvalue weighted by atomic mass is 19.3. The SMILES string of the molecule is C=CCCC1CCC(c2ccc(COC(F)(F)Cc3ccc(C4CCC(CCCCCCC)CC4)cc3)cc2)CC1. The lowest BCUT2D eigenvalue weighted by molar-refractivity contribution is -0.244. The van der Waals surface area contributed by atoms with Crippen LogP contribution < -0.4 is 0 Å². The quantitative estimate of drug-likeness (QED) is 0.145. The average Bonchev–Trinajstić information content (AvgIpc) is 3.00. The van der Waals surface area contributed by atoms with Gasteiger partial charge in [-0.05, 0) is 110 Å². The summed E-state index contributed by atoms with van der Waals surface area (Å²) in [6.07, 6.45) is 19.1. The second-order valence-corrected chi connectivity index (χ2v) is 13.1. The van der Waals surface area contributed by atoms with Gasteiger partial charge in [0.15, 0.2) is 0 Å². The zero-order chi connectivity index (χ0) is 28.9. The van der Waals surface area contributed by atoms with Gasteiger partial charge in [0.05, 0.1) is 13.0 Å². The molecule has 2 aromatic rings. The van der Waals surface area contributed by atoms with Gasteiger partial charge in [0.2, 0.25) is 0 Å². The van der Waals surface area contributed by atoms with E-state index in [1.807, 2.05) is 30.3 Å². The topological polar surface area (TPSA) is 9.23 Å². The second kappa shape index (κ2) is 16.6. The molecule has 0 heterocycles. The van der Waals surface area contributed by atoms with Crippen molar-refractivity contribution in [2.45, 2.75) is 141 Å². The molecule has 0 unspecified atom stereocenters. The van der Waals surface area contributed by atoms with Crippen molar-refractivity contribution in [3.05, 3.63) is 83.4 Å². The molecule has 0 radical (unpaired) electrons. The van der Waals surface area contributed by atoms with Crippen LogP contribution in [-0.2, 0) is 17.8 Å². The first kappa shape index (κ1) is 31.9. The first-order chi connectivity index (χ1) is 20.0. The molecule has 0 N–H and O–H groups in total. The number of unbranched alkanes of at least 4 members (excludes halogenated alkanes) is 4. The first-order valence-electron chi connectivity index (χ1n) is 16.8. The van der Waals surface area contributed by atoms with Crippen LogP contribution in [0.4, 0.5) is 8.78 Å². The fourth-order valence-corrected chi connectivity index (χ4v) is 7.23. The molecule has 0 spiro atoms. The van der Waals surface area contributed by atoms with E-state index in [9.17, 15) is 8.78 Å². The summed E-state index contributed by atoms with van der Waals surface area (Å²) in [4.78, 5) is 0. The molecule has 226 valence electrons. The fourth-order valence-electron chi connectivity index (χ4n) is 7.23. The third-order valence-corrected chi connectivity index (χ3v) is 9.95. The van der Waals surface area contributed by atoms with Gasteiger partial charge >= 0.3 is 6.11 Å². The molecule has 0 aromatic heterocycles. The van der Waals surface area contributed by atoms with Crippen LogP contribution in [0, 0.1) is 11.8 Å². The molecule has 2 aromatic carbocycles. The molecule has 0 aliphatic heterocycles. The third kappa shape index (κ3) is 10.7. The summed E-state index contributed by atoms with van der Waals surface area (Å²) in [5.41, 5.74) is 4.09. The second-order valence-electron chi connectivity index (χ2n) is 13.1. The van der Waals surface area contributed by atoms with Crippen molar-refractivity contribution in [1.29, 1.82) is 0 Å². The average molecular weight is 565 g/mol. The number of alkyl halides is 2. The molecular weight excluding hydrogens is 510 g/mol. The monoisotopic (exact) mass is 564 g/mol. The first-order valence-corrected chi connectivity index (χ1v) is 16.8. The van der Waals surface area contributed by atoms with E-state index in [1.165, 1.54) is 107 Å². The van der Waals surface area contributed by atoms with E-state index in [1.54, 1.807) is 0 Å². The van der Waals surface area contributed by atoms with Crippen LogP contribution in [-0.4, -0.2) is 6.11 Å². The van der Waals surface area contributed by atoms with Crippen LogP contribution in [0.5, 0.6) is 0 Å². The van der Waals surface area contributed by atoms with Crippen LogP contribution >= 0.6 is 0 Å². The van der Waals surface area contributed by atoms with Gasteiger partial charge in [0.1, 0.15) is 0 Å². The van der Waals surface area contributed by atoms with Gasteiger partial charge in [-0.25, -0.2) is 0 Å². The lowest BCUT2D eigenvalue weighted by atomic mass is 9.77. The number of benzene rings is 2. The number of hydrogen-bond donors (Lipinski definition) is 0. The molecule has 1 nitrogen and oxygen atoms in total. The molecule has 0 amide bonds. The van der Waals surface area contributed by atoms with E-state index >= 15 is 0 Å². The predicted octanol–water partition coefficient (Wildman–Crippen LogP) is 11.9. The van der Waals surface area contributed by atoms with Crippen molar-refractivity contribution in [1.82, 2.24) is 0 Å². The molecule has 2 aliphatic carbocycles. The van der Waals surface area contributed by atoms with Gasteiger partial charge in [0.25, 0.3) is 0 Å². The van der Waals surface area contributed by atoms with Gasteiger partial charge in [-0.1, -0.05) is 100 Å². The molecule has 0 saturated heterocycles. The Morgan fingerprint density at radius 2 is 1.22 bits per heavy atom.